The first-order chi connectivity index (χ1) is 8.52. The molecule has 0 amide bonds. The zero-order valence-electron chi connectivity index (χ0n) is 9.63. The summed E-state index contributed by atoms with van der Waals surface area (Å²) < 4.78 is 32.4. The Bertz CT molecular complexity index is 424. The van der Waals surface area contributed by atoms with Crippen LogP contribution in [0.15, 0.2) is 10.5 Å². The first-order valence-corrected chi connectivity index (χ1v) is 6.51. The Labute approximate surface area is 112 Å². The number of halogens is 3. The van der Waals surface area contributed by atoms with Gasteiger partial charge in [0, 0.05) is 19.3 Å². The molecule has 0 aliphatic carbocycles. The minimum absolute atomic E-state index is 0.0205. The van der Waals surface area contributed by atoms with E-state index in [1.165, 1.54) is 0 Å². The van der Waals surface area contributed by atoms with Gasteiger partial charge in [0.25, 0.3) is 0 Å². The molecule has 1 aliphatic rings. The maximum Gasteiger partial charge on any atom is 0.167 e. The van der Waals surface area contributed by atoms with E-state index in [4.69, 9.17) is 10.5 Å². The smallest absolute Gasteiger partial charge is 0.167 e. The van der Waals surface area contributed by atoms with Gasteiger partial charge in [-0.1, -0.05) is 0 Å². The van der Waals surface area contributed by atoms with Gasteiger partial charge in [0.1, 0.15) is 5.75 Å². The zero-order chi connectivity index (χ0) is 13.3. The predicted octanol–water partition coefficient (Wildman–Crippen LogP) is 2.86. The molecule has 1 fully saturated rings. The summed E-state index contributed by atoms with van der Waals surface area (Å²) in [6.07, 6.45) is 1.35. The highest BCUT2D eigenvalue weighted by molar-refractivity contribution is 9.10. The third kappa shape index (κ3) is 2.50. The topological polar surface area (TPSA) is 55.5 Å². The summed E-state index contributed by atoms with van der Waals surface area (Å²) in [6.45, 7) is 1.11. The Morgan fingerprint density at radius 1 is 1.39 bits per heavy atom. The minimum atomic E-state index is -1.07. The van der Waals surface area contributed by atoms with Crippen LogP contribution in [0.1, 0.15) is 24.4 Å². The Kier molecular flexibility index (Phi) is 4.19. The van der Waals surface area contributed by atoms with Crippen molar-refractivity contribution in [1.82, 2.24) is 0 Å². The van der Waals surface area contributed by atoms with Gasteiger partial charge in [0.15, 0.2) is 11.6 Å². The molecule has 0 aromatic heterocycles. The van der Waals surface area contributed by atoms with Crippen LogP contribution in [0, 0.1) is 17.6 Å². The van der Waals surface area contributed by atoms with Crippen LogP contribution in [0.4, 0.5) is 8.78 Å². The standard InChI is InChI=1S/C12H14BrF2NO2/c13-7-5-8(14)10(15)9(12(7)17)11(16)6-1-3-18-4-2-6/h5-6,11,17H,1-4,16H2/t11-/m0/s1. The highest BCUT2D eigenvalue weighted by Crippen LogP contribution is 2.39. The van der Waals surface area contributed by atoms with Crippen molar-refractivity contribution in [2.24, 2.45) is 11.7 Å². The number of benzene rings is 1. The van der Waals surface area contributed by atoms with Crippen LogP contribution in [0.5, 0.6) is 5.75 Å². The number of rotatable bonds is 2. The highest BCUT2D eigenvalue weighted by atomic mass is 79.9. The normalized spacial score (nSPS) is 18.9. The molecule has 100 valence electrons. The average Bonchev–Trinajstić information content (AvgIpc) is 2.37. The fraction of sp³-hybridized carbons (Fsp3) is 0.500. The van der Waals surface area contributed by atoms with Crippen molar-refractivity contribution in [3.05, 3.63) is 27.7 Å². The molecule has 1 atom stereocenters. The van der Waals surface area contributed by atoms with Gasteiger partial charge in [-0.05, 0) is 40.8 Å². The fourth-order valence-electron chi connectivity index (χ4n) is 2.22. The molecule has 0 spiro atoms. The van der Waals surface area contributed by atoms with Gasteiger partial charge in [-0.3, -0.25) is 0 Å². The summed E-state index contributed by atoms with van der Waals surface area (Å²) in [4.78, 5) is 0. The van der Waals surface area contributed by atoms with Crippen LogP contribution >= 0.6 is 15.9 Å². The molecular formula is C12H14BrF2NO2. The summed E-state index contributed by atoms with van der Waals surface area (Å²) in [6, 6.07) is 0.158. The molecule has 0 radical (unpaired) electrons. The minimum Gasteiger partial charge on any atom is -0.506 e. The van der Waals surface area contributed by atoms with E-state index in [0.29, 0.717) is 26.1 Å². The lowest BCUT2D eigenvalue weighted by atomic mass is 9.87. The number of phenols is 1. The van der Waals surface area contributed by atoms with Gasteiger partial charge >= 0.3 is 0 Å². The second-order valence-electron chi connectivity index (χ2n) is 4.39. The first-order valence-electron chi connectivity index (χ1n) is 5.72. The Morgan fingerprint density at radius 2 is 2.00 bits per heavy atom. The first kappa shape index (κ1) is 13.7. The summed E-state index contributed by atoms with van der Waals surface area (Å²) >= 11 is 2.99. The highest BCUT2D eigenvalue weighted by Gasteiger charge is 2.29. The van der Waals surface area contributed by atoms with E-state index < -0.39 is 17.7 Å². The Hall–Kier alpha value is -0.720. The van der Waals surface area contributed by atoms with Crippen molar-refractivity contribution in [3.63, 3.8) is 0 Å². The lowest BCUT2D eigenvalue weighted by Gasteiger charge is -2.28. The molecular weight excluding hydrogens is 308 g/mol. The SMILES string of the molecule is N[C@H](c1c(O)c(Br)cc(F)c1F)C1CCOCC1. The second-order valence-corrected chi connectivity index (χ2v) is 5.25. The van der Waals surface area contributed by atoms with Crippen LogP contribution in [0.2, 0.25) is 0 Å². The molecule has 1 aromatic carbocycles. The van der Waals surface area contributed by atoms with Crippen molar-refractivity contribution < 1.29 is 18.6 Å². The number of phenolic OH excluding ortho intramolecular Hbond substituents is 1. The van der Waals surface area contributed by atoms with Gasteiger partial charge in [0.05, 0.1) is 10.0 Å². The summed E-state index contributed by atoms with van der Waals surface area (Å²) in [7, 11) is 0. The number of ether oxygens (including phenoxy) is 1. The molecule has 2 rings (SSSR count). The van der Waals surface area contributed by atoms with Crippen LogP contribution in [0.25, 0.3) is 0 Å². The molecule has 1 aliphatic heterocycles. The monoisotopic (exact) mass is 321 g/mol. The third-order valence-corrected chi connectivity index (χ3v) is 3.89. The van der Waals surface area contributed by atoms with Crippen molar-refractivity contribution in [2.75, 3.05) is 13.2 Å². The van der Waals surface area contributed by atoms with E-state index in [0.717, 1.165) is 6.07 Å². The average molecular weight is 322 g/mol. The molecule has 0 unspecified atom stereocenters. The molecule has 6 heteroatoms. The quantitative estimate of drug-likeness (QED) is 0.823. The van der Waals surface area contributed by atoms with Gasteiger partial charge in [0.2, 0.25) is 0 Å². The Morgan fingerprint density at radius 3 is 2.61 bits per heavy atom. The number of hydrogen-bond donors (Lipinski definition) is 2. The van der Waals surface area contributed by atoms with Gasteiger partial charge in [-0.2, -0.15) is 0 Å². The lowest BCUT2D eigenvalue weighted by Crippen LogP contribution is -2.28. The van der Waals surface area contributed by atoms with E-state index in [-0.39, 0.29) is 21.7 Å². The van der Waals surface area contributed by atoms with E-state index in [9.17, 15) is 13.9 Å². The Balaban J connectivity index is 2.37. The summed E-state index contributed by atoms with van der Waals surface area (Å²) in [5, 5.41) is 9.84. The molecule has 1 saturated heterocycles. The largest absolute Gasteiger partial charge is 0.506 e. The van der Waals surface area contributed by atoms with E-state index in [1.54, 1.807) is 0 Å². The summed E-state index contributed by atoms with van der Waals surface area (Å²) in [5.41, 5.74) is 5.81. The number of aromatic hydroxyl groups is 1. The number of nitrogens with two attached hydrogens (primary N) is 1. The van der Waals surface area contributed by atoms with Crippen molar-refractivity contribution >= 4 is 15.9 Å². The van der Waals surface area contributed by atoms with Crippen LogP contribution in [0.3, 0.4) is 0 Å². The zero-order valence-corrected chi connectivity index (χ0v) is 11.2. The predicted molar refractivity (Wildman–Crippen MR) is 66.2 cm³/mol. The van der Waals surface area contributed by atoms with Gasteiger partial charge in [-0.25, -0.2) is 8.78 Å². The molecule has 3 N–H and O–H groups in total. The second kappa shape index (κ2) is 5.50. The van der Waals surface area contributed by atoms with Gasteiger partial charge in [-0.15, -0.1) is 0 Å². The van der Waals surface area contributed by atoms with Crippen LogP contribution in [-0.2, 0) is 4.74 Å². The van der Waals surface area contributed by atoms with Crippen molar-refractivity contribution in [2.45, 2.75) is 18.9 Å². The van der Waals surface area contributed by atoms with E-state index in [2.05, 4.69) is 15.9 Å². The molecule has 18 heavy (non-hydrogen) atoms. The van der Waals surface area contributed by atoms with E-state index in [1.807, 2.05) is 0 Å². The number of hydrogen-bond acceptors (Lipinski definition) is 3. The molecule has 0 bridgehead atoms. The maximum atomic E-state index is 13.8. The fourth-order valence-corrected chi connectivity index (χ4v) is 2.63. The van der Waals surface area contributed by atoms with Crippen molar-refractivity contribution in [3.8, 4) is 5.75 Å². The van der Waals surface area contributed by atoms with Crippen molar-refractivity contribution in [1.29, 1.82) is 0 Å². The molecule has 1 heterocycles. The van der Waals surface area contributed by atoms with Crippen LogP contribution < -0.4 is 5.73 Å². The molecule has 3 nitrogen and oxygen atoms in total. The van der Waals surface area contributed by atoms with E-state index >= 15 is 0 Å². The van der Waals surface area contributed by atoms with Crippen LogP contribution in [-0.4, -0.2) is 18.3 Å². The molecule has 1 aromatic rings. The lowest BCUT2D eigenvalue weighted by molar-refractivity contribution is 0.0576. The summed E-state index contributed by atoms with van der Waals surface area (Å²) in [5.74, 6) is -2.44. The van der Waals surface area contributed by atoms with Gasteiger partial charge < -0.3 is 15.6 Å². The maximum absolute atomic E-state index is 13.8. The molecule has 0 saturated carbocycles. The third-order valence-electron chi connectivity index (χ3n) is 3.29.